The Hall–Kier alpha value is -2.88. The molecule has 9 heteroatoms. The van der Waals surface area contributed by atoms with E-state index < -0.39 is 10.1 Å². The van der Waals surface area contributed by atoms with E-state index in [2.05, 4.69) is 9.88 Å². The summed E-state index contributed by atoms with van der Waals surface area (Å²) in [6.45, 7) is 3.82. The molecule has 2 saturated heterocycles. The fraction of sp³-hybridized carbons (Fsp3) is 0.464. The third kappa shape index (κ3) is 3.62. The fourth-order valence-electron chi connectivity index (χ4n) is 7.25. The van der Waals surface area contributed by atoms with Gasteiger partial charge in [0, 0.05) is 42.9 Å². The molecule has 1 aromatic heterocycles. The third-order valence-corrected chi connectivity index (χ3v) is 10.2. The molecule has 4 heterocycles. The Bertz CT molecular complexity index is 1500. The zero-order valence-corrected chi connectivity index (χ0v) is 21.7. The topological polar surface area (TPSA) is 97.9 Å². The number of fused-ring (bicyclic) bond motifs is 9. The maximum absolute atomic E-state index is 12.8. The lowest BCUT2D eigenvalue weighted by Gasteiger charge is -2.50. The van der Waals surface area contributed by atoms with Crippen molar-refractivity contribution in [2.75, 3.05) is 20.2 Å². The van der Waals surface area contributed by atoms with Crippen molar-refractivity contribution in [3.05, 3.63) is 59.3 Å². The summed E-state index contributed by atoms with van der Waals surface area (Å²) in [7, 11) is -2.25. The van der Waals surface area contributed by atoms with Gasteiger partial charge in [0.25, 0.3) is 0 Å². The Morgan fingerprint density at radius 1 is 1.11 bits per heavy atom. The molecule has 1 saturated carbocycles. The van der Waals surface area contributed by atoms with E-state index in [1.807, 2.05) is 13.0 Å². The predicted molar refractivity (Wildman–Crippen MR) is 136 cm³/mol. The number of aromatic amines is 1. The summed E-state index contributed by atoms with van der Waals surface area (Å²) in [6, 6.07) is 12.3. The van der Waals surface area contributed by atoms with Crippen LogP contribution in [0, 0.1) is 24.7 Å². The largest absolute Gasteiger partial charge is 0.459 e. The van der Waals surface area contributed by atoms with Gasteiger partial charge < -0.3 is 18.6 Å². The molecule has 194 valence electrons. The van der Waals surface area contributed by atoms with Crippen LogP contribution in [0.2, 0.25) is 0 Å². The third-order valence-electron chi connectivity index (χ3n) is 8.95. The smallest absolute Gasteiger partial charge is 0.339 e. The highest BCUT2D eigenvalue weighted by Gasteiger charge is 2.58. The van der Waals surface area contributed by atoms with E-state index >= 15 is 0 Å². The summed E-state index contributed by atoms with van der Waals surface area (Å²) in [4.78, 5) is 19.0. The van der Waals surface area contributed by atoms with Gasteiger partial charge in [-0.3, -0.25) is 9.69 Å². The van der Waals surface area contributed by atoms with E-state index in [-0.39, 0.29) is 46.7 Å². The highest BCUT2D eigenvalue weighted by molar-refractivity contribution is 7.87. The van der Waals surface area contributed by atoms with Gasteiger partial charge in [-0.2, -0.15) is 8.42 Å². The molecule has 3 aliphatic heterocycles. The molecule has 3 aromatic rings. The molecule has 6 atom stereocenters. The van der Waals surface area contributed by atoms with Crippen LogP contribution in [-0.2, 0) is 30.8 Å². The van der Waals surface area contributed by atoms with Crippen LogP contribution in [0.15, 0.2) is 47.4 Å². The average Bonchev–Trinajstić information content (AvgIpc) is 3.35. The minimum Gasteiger partial charge on any atom is -0.459 e. The maximum atomic E-state index is 12.8. The van der Waals surface area contributed by atoms with Gasteiger partial charge in [-0.25, -0.2) is 0 Å². The minimum atomic E-state index is -3.93. The van der Waals surface area contributed by atoms with Gasteiger partial charge in [0.15, 0.2) is 0 Å². The van der Waals surface area contributed by atoms with Gasteiger partial charge in [-0.1, -0.05) is 17.7 Å². The molecule has 4 aliphatic rings. The molecule has 0 amide bonds. The van der Waals surface area contributed by atoms with Gasteiger partial charge in [-0.15, -0.1) is 0 Å². The molecule has 0 radical (unpaired) electrons. The van der Waals surface area contributed by atoms with Crippen molar-refractivity contribution in [3.8, 4) is 5.75 Å². The van der Waals surface area contributed by atoms with Gasteiger partial charge in [-0.05, 0) is 67.9 Å². The highest BCUT2D eigenvalue weighted by atomic mass is 32.2. The molecular formula is C28H30N2O6S. The number of carbonyl (C=O) groups excluding carboxylic acids is 1. The van der Waals surface area contributed by atoms with Crippen molar-refractivity contribution in [3.63, 3.8) is 0 Å². The molecule has 7 rings (SSSR count). The maximum Gasteiger partial charge on any atom is 0.339 e. The Labute approximate surface area is 216 Å². The highest BCUT2D eigenvalue weighted by Crippen LogP contribution is 2.52. The number of methoxy groups -OCH3 is 1. The van der Waals surface area contributed by atoms with Crippen molar-refractivity contribution in [1.82, 2.24) is 9.88 Å². The normalized spacial score (nSPS) is 30.9. The molecular weight excluding hydrogens is 492 g/mol. The van der Waals surface area contributed by atoms with Crippen LogP contribution in [0.3, 0.4) is 0 Å². The fourth-order valence-corrected chi connectivity index (χ4v) is 8.18. The second kappa shape index (κ2) is 8.31. The van der Waals surface area contributed by atoms with E-state index in [4.69, 9.17) is 13.7 Å². The number of piperidine rings is 1. The first kappa shape index (κ1) is 23.3. The van der Waals surface area contributed by atoms with E-state index in [1.54, 1.807) is 43.5 Å². The van der Waals surface area contributed by atoms with E-state index in [1.165, 1.54) is 11.3 Å². The van der Waals surface area contributed by atoms with Crippen molar-refractivity contribution in [1.29, 1.82) is 0 Å². The van der Waals surface area contributed by atoms with E-state index in [9.17, 15) is 13.2 Å². The molecule has 2 aromatic carbocycles. The number of rotatable bonds is 4. The lowest BCUT2D eigenvalue weighted by molar-refractivity contribution is -0.144. The SMILES string of the molecule is CO[C@H]1[C@H]2C(=O)O[C@@H]1C[C@@H]1CN3CCc4c([nH]c5cc(OS(=O)(=O)c6ccc(C)cc6)ccc45)[C@H]3C[C@@H]12. The quantitative estimate of drug-likeness (QED) is 0.412. The van der Waals surface area contributed by atoms with Crippen molar-refractivity contribution >= 4 is 27.0 Å². The number of nitrogens with zero attached hydrogens (tertiary/aromatic N) is 1. The van der Waals surface area contributed by atoms with Crippen molar-refractivity contribution in [2.45, 2.75) is 49.3 Å². The zero-order valence-electron chi connectivity index (χ0n) is 20.8. The molecule has 0 spiro atoms. The number of benzene rings is 2. The van der Waals surface area contributed by atoms with Crippen LogP contribution in [-0.4, -0.2) is 56.7 Å². The first-order chi connectivity index (χ1) is 17.8. The first-order valence-corrected chi connectivity index (χ1v) is 14.4. The molecule has 0 unspecified atom stereocenters. The number of H-pyrrole nitrogens is 1. The number of aromatic nitrogens is 1. The summed E-state index contributed by atoms with van der Waals surface area (Å²) in [6.07, 6.45) is 2.39. The Morgan fingerprint density at radius 3 is 2.70 bits per heavy atom. The van der Waals surface area contributed by atoms with E-state index in [0.29, 0.717) is 5.92 Å². The number of ether oxygens (including phenoxy) is 2. The van der Waals surface area contributed by atoms with Gasteiger partial charge in [0.2, 0.25) is 0 Å². The second-order valence-electron chi connectivity index (χ2n) is 10.9. The molecule has 2 bridgehead atoms. The molecule has 3 fully saturated rings. The van der Waals surface area contributed by atoms with Gasteiger partial charge in [0.05, 0.1) is 12.0 Å². The number of hydrogen-bond acceptors (Lipinski definition) is 7. The van der Waals surface area contributed by atoms with Crippen LogP contribution in [0.5, 0.6) is 5.75 Å². The number of esters is 1. The summed E-state index contributed by atoms with van der Waals surface area (Å²) in [5.74, 6) is 0.636. The summed E-state index contributed by atoms with van der Waals surface area (Å²) in [5.41, 5.74) is 4.29. The summed E-state index contributed by atoms with van der Waals surface area (Å²) >= 11 is 0. The molecule has 8 nitrogen and oxygen atoms in total. The van der Waals surface area contributed by atoms with Crippen molar-refractivity contribution < 1.29 is 26.9 Å². The Kier molecular flexibility index (Phi) is 5.22. The van der Waals surface area contributed by atoms with Crippen LogP contribution in [0.25, 0.3) is 10.9 Å². The number of hydrogen-bond donors (Lipinski definition) is 1. The van der Waals surface area contributed by atoms with Crippen LogP contribution >= 0.6 is 0 Å². The summed E-state index contributed by atoms with van der Waals surface area (Å²) < 4.78 is 42.5. The van der Waals surface area contributed by atoms with Crippen LogP contribution in [0.1, 0.15) is 35.7 Å². The van der Waals surface area contributed by atoms with Crippen LogP contribution in [0.4, 0.5) is 0 Å². The van der Waals surface area contributed by atoms with Crippen LogP contribution < -0.4 is 4.18 Å². The molecule has 1 aliphatic carbocycles. The first-order valence-electron chi connectivity index (χ1n) is 13.0. The Balaban J connectivity index is 1.19. The zero-order chi connectivity index (χ0) is 25.5. The predicted octanol–water partition coefficient (Wildman–Crippen LogP) is 3.74. The molecule has 37 heavy (non-hydrogen) atoms. The standard InChI is InChI=1S/C28H30N2O6S/c1-15-3-6-18(7-4-15)37(32,33)36-17-5-8-19-20-9-10-30-14-16-11-24-27(34-2)25(28(31)35-24)21(16)13-23(30)26(20)29-22(19)12-17/h3-8,12,16,21,23-25,27,29H,9-11,13-14H2,1-2H3/t16-,21+,23-,24-,25+,27-/m1/s1. The number of aryl methyl sites for hydroxylation is 1. The average molecular weight is 523 g/mol. The number of nitrogens with one attached hydrogen (secondary N) is 1. The Morgan fingerprint density at radius 2 is 1.92 bits per heavy atom. The minimum absolute atomic E-state index is 0.109. The second-order valence-corrected chi connectivity index (χ2v) is 12.5. The van der Waals surface area contributed by atoms with Crippen molar-refractivity contribution in [2.24, 2.45) is 17.8 Å². The molecule has 1 N–H and O–H groups in total. The monoisotopic (exact) mass is 522 g/mol. The lowest BCUT2D eigenvalue weighted by atomic mass is 9.65. The van der Waals surface area contributed by atoms with Gasteiger partial charge >= 0.3 is 16.1 Å². The lowest BCUT2D eigenvalue weighted by Crippen LogP contribution is -2.53. The van der Waals surface area contributed by atoms with E-state index in [0.717, 1.165) is 48.8 Å². The summed E-state index contributed by atoms with van der Waals surface area (Å²) in [5, 5.41) is 1.09. The van der Waals surface area contributed by atoms with Gasteiger partial charge in [0.1, 0.15) is 22.9 Å². The number of carbonyl (C=O) groups is 1.